The second-order valence-electron chi connectivity index (χ2n) is 16.9. The van der Waals surface area contributed by atoms with E-state index in [4.69, 9.17) is 0 Å². The standard InChI is InChI=1S/C59H45N/c1-59(2)55-38-48(33-35-50(55)51-36-34-49(39-56(51)59)60-57-19-11-9-17-52(57)53-18-10-12-20-58(53)60)54(47-15-7-4-8-16-47)37-40-21-23-42(24-22-40)44-29-31-46(32-30-44)45-27-25-43(26-28-45)41-13-5-3-6-14-41/h3-36,38-39,54H,37H2,1-2H3. The highest BCUT2D eigenvalue weighted by atomic mass is 15.0. The molecule has 0 bridgehead atoms. The number of para-hydroxylation sites is 2. The Bertz CT molecular complexity index is 3100. The van der Waals surface area contributed by atoms with Gasteiger partial charge in [-0.1, -0.05) is 208 Å². The van der Waals surface area contributed by atoms with Crippen LogP contribution in [-0.2, 0) is 11.8 Å². The number of nitrogens with zero attached hydrogens (tertiary/aromatic N) is 1. The van der Waals surface area contributed by atoms with Gasteiger partial charge in [0.25, 0.3) is 0 Å². The van der Waals surface area contributed by atoms with Crippen molar-refractivity contribution in [3.8, 4) is 50.2 Å². The van der Waals surface area contributed by atoms with E-state index in [1.165, 1.54) is 99.8 Å². The van der Waals surface area contributed by atoms with Gasteiger partial charge in [0.15, 0.2) is 0 Å². The molecule has 9 aromatic carbocycles. The molecular formula is C59H45N. The Morgan fingerprint density at radius 3 is 1.37 bits per heavy atom. The molecule has 0 fully saturated rings. The molecule has 1 unspecified atom stereocenters. The lowest BCUT2D eigenvalue weighted by Crippen LogP contribution is -2.16. The Kier molecular flexibility index (Phi) is 8.71. The summed E-state index contributed by atoms with van der Waals surface area (Å²) in [5.41, 5.74) is 20.5. The molecule has 11 rings (SSSR count). The molecule has 0 N–H and O–H groups in total. The Labute approximate surface area is 352 Å². The number of hydrogen-bond donors (Lipinski definition) is 0. The molecule has 0 aliphatic heterocycles. The van der Waals surface area contributed by atoms with Crippen molar-refractivity contribution in [3.05, 3.63) is 246 Å². The topological polar surface area (TPSA) is 4.93 Å². The number of benzene rings is 9. The predicted octanol–water partition coefficient (Wildman–Crippen LogP) is 15.5. The van der Waals surface area contributed by atoms with Crippen LogP contribution in [0.1, 0.15) is 47.6 Å². The summed E-state index contributed by atoms with van der Waals surface area (Å²) < 4.78 is 2.44. The molecule has 1 nitrogen and oxygen atoms in total. The highest BCUT2D eigenvalue weighted by Gasteiger charge is 2.36. The number of rotatable bonds is 8. The van der Waals surface area contributed by atoms with Gasteiger partial charge in [0.1, 0.15) is 0 Å². The van der Waals surface area contributed by atoms with E-state index < -0.39 is 0 Å². The number of hydrogen-bond acceptors (Lipinski definition) is 0. The fourth-order valence-electron chi connectivity index (χ4n) is 9.82. The molecule has 0 saturated heterocycles. The highest BCUT2D eigenvalue weighted by molar-refractivity contribution is 6.09. The van der Waals surface area contributed by atoms with Gasteiger partial charge in [-0.15, -0.1) is 0 Å². The molecule has 1 aromatic heterocycles. The van der Waals surface area contributed by atoms with Gasteiger partial charge in [0, 0.05) is 27.8 Å². The van der Waals surface area contributed by atoms with Crippen LogP contribution >= 0.6 is 0 Å². The van der Waals surface area contributed by atoms with Crippen molar-refractivity contribution in [1.29, 1.82) is 0 Å². The van der Waals surface area contributed by atoms with Gasteiger partial charge in [-0.3, -0.25) is 0 Å². The van der Waals surface area contributed by atoms with Gasteiger partial charge in [0.2, 0.25) is 0 Å². The molecule has 1 heterocycles. The van der Waals surface area contributed by atoms with Crippen LogP contribution in [-0.4, -0.2) is 4.57 Å². The van der Waals surface area contributed by atoms with Crippen molar-refractivity contribution in [1.82, 2.24) is 4.57 Å². The Morgan fingerprint density at radius 1 is 0.383 bits per heavy atom. The Balaban J connectivity index is 0.872. The van der Waals surface area contributed by atoms with E-state index in [0.717, 1.165) is 6.42 Å². The van der Waals surface area contributed by atoms with Gasteiger partial charge < -0.3 is 4.57 Å². The highest BCUT2D eigenvalue weighted by Crippen LogP contribution is 2.51. The molecular weight excluding hydrogens is 723 g/mol. The largest absolute Gasteiger partial charge is 0.309 e. The maximum atomic E-state index is 2.51. The lowest BCUT2D eigenvalue weighted by molar-refractivity contribution is 0.657. The maximum absolute atomic E-state index is 2.51. The zero-order chi connectivity index (χ0) is 40.2. The molecule has 60 heavy (non-hydrogen) atoms. The van der Waals surface area contributed by atoms with Crippen molar-refractivity contribution in [2.75, 3.05) is 0 Å². The van der Waals surface area contributed by atoms with Crippen molar-refractivity contribution < 1.29 is 0 Å². The van der Waals surface area contributed by atoms with Crippen LogP contribution in [0.3, 0.4) is 0 Å². The van der Waals surface area contributed by atoms with Gasteiger partial charge in [0.05, 0.1) is 11.0 Å². The van der Waals surface area contributed by atoms with Gasteiger partial charge >= 0.3 is 0 Å². The fraction of sp³-hybridized carbons (Fsp3) is 0.0847. The van der Waals surface area contributed by atoms with Crippen LogP contribution in [0.2, 0.25) is 0 Å². The van der Waals surface area contributed by atoms with Crippen LogP contribution in [0.25, 0.3) is 72.0 Å². The molecule has 1 heteroatoms. The van der Waals surface area contributed by atoms with E-state index in [1.54, 1.807) is 0 Å². The van der Waals surface area contributed by atoms with Crippen molar-refractivity contribution in [3.63, 3.8) is 0 Å². The van der Waals surface area contributed by atoms with Gasteiger partial charge in [-0.25, -0.2) is 0 Å². The van der Waals surface area contributed by atoms with Crippen molar-refractivity contribution >= 4 is 21.8 Å². The molecule has 0 spiro atoms. The second kappa shape index (κ2) is 14.6. The normalized spacial score (nSPS) is 13.3. The number of aromatic nitrogens is 1. The van der Waals surface area contributed by atoms with E-state index in [-0.39, 0.29) is 11.3 Å². The minimum Gasteiger partial charge on any atom is -0.309 e. The SMILES string of the molecule is CC1(C)c2cc(C(Cc3ccc(-c4ccc(-c5ccc(-c6ccccc6)cc5)cc4)cc3)c3ccccc3)ccc2-c2ccc(-n3c4ccccc4c4ccccc43)cc21. The van der Waals surface area contributed by atoms with Crippen molar-refractivity contribution in [2.24, 2.45) is 0 Å². The first-order valence-corrected chi connectivity index (χ1v) is 21.2. The monoisotopic (exact) mass is 767 g/mol. The van der Waals surface area contributed by atoms with E-state index in [0.29, 0.717) is 0 Å². The first-order valence-electron chi connectivity index (χ1n) is 21.2. The van der Waals surface area contributed by atoms with Crippen LogP contribution in [0.15, 0.2) is 218 Å². The Morgan fingerprint density at radius 2 is 0.817 bits per heavy atom. The summed E-state index contributed by atoms with van der Waals surface area (Å²) in [5.74, 6) is 0.225. The molecule has 0 radical (unpaired) electrons. The summed E-state index contributed by atoms with van der Waals surface area (Å²) in [4.78, 5) is 0. The first-order chi connectivity index (χ1) is 29.5. The molecule has 286 valence electrons. The van der Waals surface area contributed by atoms with Crippen LogP contribution in [0, 0.1) is 0 Å². The number of fused-ring (bicyclic) bond motifs is 6. The van der Waals surface area contributed by atoms with E-state index in [9.17, 15) is 0 Å². The minimum absolute atomic E-state index is 0.153. The average Bonchev–Trinajstić information content (AvgIpc) is 3.76. The fourth-order valence-corrected chi connectivity index (χ4v) is 9.82. The lowest BCUT2D eigenvalue weighted by Gasteiger charge is -2.25. The van der Waals surface area contributed by atoms with E-state index in [2.05, 4.69) is 237 Å². The molecule has 1 aliphatic carbocycles. The third kappa shape index (κ3) is 6.17. The smallest absolute Gasteiger partial charge is 0.0541 e. The third-order valence-corrected chi connectivity index (χ3v) is 13.1. The van der Waals surface area contributed by atoms with Gasteiger partial charge in [-0.2, -0.15) is 0 Å². The zero-order valence-corrected chi connectivity index (χ0v) is 34.0. The quantitative estimate of drug-likeness (QED) is 0.145. The summed E-state index contributed by atoms with van der Waals surface area (Å²) in [7, 11) is 0. The summed E-state index contributed by atoms with van der Waals surface area (Å²) in [6.45, 7) is 4.81. The second-order valence-corrected chi connectivity index (χ2v) is 16.9. The third-order valence-electron chi connectivity index (χ3n) is 13.1. The molecule has 10 aromatic rings. The van der Waals surface area contributed by atoms with Crippen LogP contribution in [0.4, 0.5) is 0 Å². The zero-order valence-electron chi connectivity index (χ0n) is 34.0. The average molecular weight is 768 g/mol. The molecule has 0 amide bonds. The van der Waals surface area contributed by atoms with Gasteiger partial charge in [-0.05, 0) is 103 Å². The van der Waals surface area contributed by atoms with Crippen molar-refractivity contribution in [2.45, 2.75) is 31.6 Å². The Hall–Kier alpha value is -7.22. The van der Waals surface area contributed by atoms with E-state index >= 15 is 0 Å². The predicted molar refractivity (Wildman–Crippen MR) is 253 cm³/mol. The summed E-state index contributed by atoms with van der Waals surface area (Å²) >= 11 is 0. The van der Waals surface area contributed by atoms with Crippen LogP contribution < -0.4 is 0 Å². The maximum Gasteiger partial charge on any atom is 0.0541 e. The molecule has 1 atom stereocenters. The molecule has 0 saturated carbocycles. The first kappa shape index (κ1) is 35.9. The minimum atomic E-state index is -0.153. The summed E-state index contributed by atoms with van der Waals surface area (Å²) in [6, 6.07) is 80.7. The molecule has 1 aliphatic rings. The summed E-state index contributed by atoms with van der Waals surface area (Å²) in [5, 5.41) is 2.58. The van der Waals surface area contributed by atoms with Crippen LogP contribution in [0.5, 0.6) is 0 Å². The summed E-state index contributed by atoms with van der Waals surface area (Å²) in [6.07, 6.45) is 0.923. The lowest BCUT2D eigenvalue weighted by atomic mass is 9.79. The van der Waals surface area contributed by atoms with E-state index in [1.807, 2.05) is 0 Å².